The summed E-state index contributed by atoms with van der Waals surface area (Å²) in [6.07, 6.45) is 10.6. The number of ether oxygens (including phenoxy) is 1. The Balaban J connectivity index is 1.92. The van der Waals surface area contributed by atoms with Gasteiger partial charge in [-0.15, -0.1) is 0 Å². The van der Waals surface area contributed by atoms with Gasteiger partial charge in [-0.25, -0.2) is 0 Å². The third kappa shape index (κ3) is 5.95. The molecule has 0 unspecified atom stereocenters. The minimum atomic E-state index is -1.83. The van der Waals surface area contributed by atoms with Gasteiger partial charge < -0.3 is 9.16 Å². The normalized spacial score (nSPS) is 23.4. The highest BCUT2D eigenvalue weighted by Crippen LogP contribution is 2.50. The van der Waals surface area contributed by atoms with E-state index in [-0.39, 0.29) is 10.5 Å². The van der Waals surface area contributed by atoms with E-state index in [1.165, 1.54) is 11.1 Å². The standard InChI is InChI=1S/C30H42O2Si/c1-7-30(31-25-27-18-12-9-13-19-27)21-15-14-20-29(30,24-26-16-10-8-11-17-26)22-23-32-33(5,6)28(2,3)4/h7-13,15-19,21H,1,14,20,22-25H2,2-6H3/t29-,30+/m0/s1. The molecule has 0 radical (unpaired) electrons. The van der Waals surface area contributed by atoms with Gasteiger partial charge in [0.15, 0.2) is 8.32 Å². The molecule has 0 fully saturated rings. The van der Waals surface area contributed by atoms with Gasteiger partial charge in [-0.1, -0.05) is 106 Å². The smallest absolute Gasteiger partial charge is 0.191 e. The summed E-state index contributed by atoms with van der Waals surface area (Å²) < 4.78 is 13.5. The molecule has 1 aliphatic carbocycles. The molecule has 0 bridgehead atoms. The van der Waals surface area contributed by atoms with Crippen molar-refractivity contribution < 1.29 is 9.16 Å². The van der Waals surface area contributed by atoms with E-state index in [0.717, 1.165) is 32.3 Å². The zero-order valence-electron chi connectivity index (χ0n) is 21.3. The van der Waals surface area contributed by atoms with Crippen LogP contribution in [0.1, 0.15) is 51.2 Å². The first kappa shape index (κ1) is 25.7. The monoisotopic (exact) mass is 462 g/mol. The molecule has 0 N–H and O–H groups in total. The summed E-state index contributed by atoms with van der Waals surface area (Å²) >= 11 is 0. The van der Waals surface area contributed by atoms with E-state index in [9.17, 15) is 0 Å². The summed E-state index contributed by atoms with van der Waals surface area (Å²) in [5, 5.41) is 0.200. The van der Waals surface area contributed by atoms with E-state index in [0.29, 0.717) is 6.61 Å². The molecule has 0 spiro atoms. The van der Waals surface area contributed by atoms with Crippen LogP contribution in [0.25, 0.3) is 0 Å². The minimum Gasteiger partial charge on any atom is -0.417 e. The molecular weight excluding hydrogens is 420 g/mol. The Morgan fingerprint density at radius 1 is 0.970 bits per heavy atom. The number of hydrogen-bond acceptors (Lipinski definition) is 2. The first-order valence-electron chi connectivity index (χ1n) is 12.3. The Morgan fingerprint density at radius 2 is 1.58 bits per heavy atom. The predicted molar refractivity (Wildman–Crippen MR) is 143 cm³/mol. The van der Waals surface area contributed by atoms with E-state index >= 15 is 0 Å². The highest BCUT2D eigenvalue weighted by molar-refractivity contribution is 6.74. The topological polar surface area (TPSA) is 18.5 Å². The van der Waals surface area contributed by atoms with Crippen molar-refractivity contribution in [3.05, 3.63) is 96.6 Å². The van der Waals surface area contributed by atoms with E-state index in [1.54, 1.807) is 0 Å². The summed E-state index contributed by atoms with van der Waals surface area (Å²) in [7, 11) is -1.83. The molecule has 0 heterocycles. The average molecular weight is 463 g/mol. The fourth-order valence-electron chi connectivity index (χ4n) is 4.65. The van der Waals surface area contributed by atoms with E-state index in [4.69, 9.17) is 9.16 Å². The first-order chi connectivity index (χ1) is 15.6. The van der Waals surface area contributed by atoms with Crippen LogP contribution in [-0.2, 0) is 22.2 Å². The quantitative estimate of drug-likeness (QED) is 0.262. The number of benzene rings is 2. The number of allylic oxidation sites excluding steroid dienone is 1. The van der Waals surface area contributed by atoms with Crippen LogP contribution in [0.15, 0.2) is 85.5 Å². The van der Waals surface area contributed by atoms with Crippen molar-refractivity contribution in [2.45, 2.75) is 76.8 Å². The number of hydrogen-bond donors (Lipinski definition) is 0. The Hall–Kier alpha value is -1.94. The Morgan fingerprint density at radius 3 is 2.15 bits per heavy atom. The number of rotatable bonds is 10. The van der Waals surface area contributed by atoms with E-state index in [1.807, 2.05) is 12.1 Å². The van der Waals surface area contributed by atoms with Crippen molar-refractivity contribution in [1.82, 2.24) is 0 Å². The third-order valence-corrected chi connectivity index (χ3v) is 12.4. The van der Waals surface area contributed by atoms with Crippen LogP contribution in [0.5, 0.6) is 0 Å². The molecule has 178 valence electrons. The van der Waals surface area contributed by atoms with Crippen LogP contribution in [0, 0.1) is 5.41 Å². The van der Waals surface area contributed by atoms with Gasteiger partial charge in [-0.2, -0.15) is 0 Å². The van der Waals surface area contributed by atoms with Crippen molar-refractivity contribution in [1.29, 1.82) is 0 Å². The highest BCUT2D eigenvalue weighted by atomic mass is 28.4. The van der Waals surface area contributed by atoms with Crippen LogP contribution < -0.4 is 0 Å². The van der Waals surface area contributed by atoms with Gasteiger partial charge >= 0.3 is 0 Å². The average Bonchev–Trinajstić information content (AvgIpc) is 2.79. The first-order valence-corrected chi connectivity index (χ1v) is 15.2. The fraction of sp³-hybridized carbons (Fsp3) is 0.467. The Bertz CT molecular complexity index is 913. The molecular formula is C30H42O2Si. The van der Waals surface area contributed by atoms with Crippen molar-refractivity contribution >= 4 is 8.32 Å². The van der Waals surface area contributed by atoms with Gasteiger partial charge in [-0.3, -0.25) is 0 Å². The molecule has 3 rings (SSSR count). The maximum absolute atomic E-state index is 6.79. The second kappa shape index (κ2) is 10.5. The maximum atomic E-state index is 6.79. The summed E-state index contributed by atoms with van der Waals surface area (Å²) in [6.45, 7) is 17.2. The molecule has 2 nitrogen and oxygen atoms in total. The Labute approximate surface area is 202 Å². The highest BCUT2D eigenvalue weighted by Gasteiger charge is 2.50. The summed E-state index contributed by atoms with van der Waals surface area (Å²) in [4.78, 5) is 0. The van der Waals surface area contributed by atoms with Crippen molar-refractivity contribution in [3.63, 3.8) is 0 Å². The SMILES string of the molecule is C=C[C@@]1(OCc2ccccc2)C=CCC[C@]1(CCO[Si](C)(C)C(C)(C)C)Cc1ccccc1. The van der Waals surface area contributed by atoms with Crippen LogP contribution in [0.3, 0.4) is 0 Å². The summed E-state index contributed by atoms with van der Waals surface area (Å²) in [6, 6.07) is 21.3. The van der Waals surface area contributed by atoms with Gasteiger partial charge in [0.1, 0.15) is 5.60 Å². The zero-order chi connectivity index (χ0) is 24.0. The second-order valence-corrected chi connectivity index (χ2v) is 15.8. The lowest BCUT2D eigenvalue weighted by molar-refractivity contribution is -0.0948. The lowest BCUT2D eigenvalue weighted by atomic mass is 9.61. The molecule has 0 aliphatic heterocycles. The van der Waals surface area contributed by atoms with Gasteiger partial charge in [0.05, 0.1) is 6.61 Å². The summed E-state index contributed by atoms with van der Waals surface area (Å²) in [5.74, 6) is 0. The third-order valence-electron chi connectivity index (χ3n) is 7.84. The van der Waals surface area contributed by atoms with Gasteiger partial charge in [0.25, 0.3) is 0 Å². The predicted octanol–water partition coefficient (Wildman–Crippen LogP) is 8.12. The summed E-state index contributed by atoms with van der Waals surface area (Å²) in [5.41, 5.74) is 1.88. The van der Waals surface area contributed by atoms with Crippen molar-refractivity contribution in [2.24, 2.45) is 5.41 Å². The van der Waals surface area contributed by atoms with Gasteiger partial charge in [0, 0.05) is 12.0 Å². The fourth-order valence-corrected chi connectivity index (χ4v) is 5.70. The molecule has 0 aromatic heterocycles. The molecule has 2 atom stereocenters. The molecule has 0 amide bonds. The molecule has 2 aromatic carbocycles. The van der Waals surface area contributed by atoms with Crippen LogP contribution in [0.4, 0.5) is 0 Å². The van der Waals surface area contributed by atoms with Crippen molar-refractivity contribution in [3.8, 4) is 0 Å². The Kier molecular flexibility index (Phi) is 8.20. The largest absolute Gasteiger partial charge is 0.417 e. The minimum absolute atomic E-state index is 0.109. The molecule has 3 heteroatoms. The maximum Gasteiger partial charge on any atom is 0.191 e. The van der Waals surface area contributed by atoms with Gasteiger partial charge in [-0.05, 0) is 54.9 Å². The zero-order valence-corrected chi connectivity index (χ0v) is 22.3. The lowest BCUT2D eigenvalue weighted by Crippen LogP contribution is -2.52. The van der Waals surface area contributed by atoms with Crippen molar-refractivity contribution in [2.75, 3.05) is 6.61 Å². The molecule has 33 heavy (non-hydrogen) atoms. The molecule has 1 aliphatic rings. The van der Waals surface area contributed by atoms with E-state index < -0.39 is 13.9 Å². The van der Waals surface area contributed by atoms with E-state index in [2.05, 4.69) is 107 Å². The molecule has 0 saturated heterocycles. The molecule has 0 saturated carbocycles. The lowest BCUT2D eigenvalue weighted by Gasteiger charge is -2.50. The molecule has 2 aromatic rings. The van der Waals surface area contributed by atoms with Gasteiger partial charge in [0.2, 0.25) is 0 Å². The second-order valence-electron chi connectivity index (χ2n) is 11.0. The van der Waals surface area contributed by atoms with Crippen LogP contribution >= 0.6 is 0 Å². The van der Waals surface area contributed by atoms with Crippen LogP contribution in [-0.4, -0.2) is 20.5 Å². The van der Waals surface area contributed by atoms with Crippen LogP contribution in [0.2, 0.25) is 18.1 Å².